The Bertz CT molecular complexity index is 366. The van der Waals surface area contributed by atoms with Crippen LogP contribution in [0.3, 0.4) is 0 Å². The molecule has 96 valence electrons. The summed E-state index contributed by atoms with van der Waals surface area (Å²) in [5.41, 5.74) is 6.00. The molecule has 0 saturated heterocycles. The van der Waals surface area contributed by atoms with Crippen molar-refractivity contribution in [2.45, 2.75) is 33.6 Å². The molecule has 3 N–H and O–H groups in total. The molecule has 1 aromatic rings. The Morgan fingerprint density at radius 3 is 2.71 bits per heavy atom. The van der Waals surface area contributed by atoms with Crippen molar-refractivity contribution in [2.75, 3.05) is 18.4 Å². The number of hydrogen-bond donors (Lipinski definition) is 2. The van der Waals surface area contributed by atoms with E-state index in [0.717, 1.165) is 6.42 Å². The predicted molar refractivity (Wildman–Crippen MR) is 67.3 cm³/mol. The summed E-state index contributed by atoms with van der Waals surface area (Å²) in [5.74, 6) is -0.0690. The van der Waals surface area contributed by atoms with Gasteiger partial charge in [-0.1, -0.05) is 20.8 Å². The van der Waals surface area contributed by atoms with Crippen LogP contribution in [0.2, 0.25) is 0 Å². The first kappa shape index (κ1) is 13.8. The van der Waals surface area contributed by atoms with E-state index in [1.54, 1.807) is 0 Å². The van der Waals surface area contributed by atoms with E-state index in [1.165, 1.54) is 6.33 Å². The number of aromatic nitrogens is 2. The molecule has 0 spiro atoms. The standard InChI is InChI=1S/C12H21FN4/c1-4-9-10(13)11(17-8-16-9)15-7-12(2,3)5-6-14/h8H,4-7,14H2,1-3H3,(H,15,16,17). The molecule has 0 unspecified atom stereocenters. The molecule has 5 heteroatoms. The number of nitrogens with one attached hydrogen (secondary N) is 1. The van der Waals surface area contributed by atoms with Crippen molar-refractivity contribution in [2.24, 2.45) is 11.1 Å². The van der Waals surface area contributed by atoms with Crippen molar-refractivity contribution in [3.63, 3.8) is 0 Å². The minimum Gasteiger partial charge on any atom is -0.367 e. The average molecular weight is 240 g/mol. The molecule has 1 heterocycles. The Hall–Kier alpha value is -1.23. The Balaban J connectivity index is 2.69. The highest BCUT2D eigenvalue weighted by Gasteiger charge is 2.18. The first-order valence-corrected chi connectivity index (χ1v) is 5.93. The maximum atomic E-state index is 13.8. The van der Waals surface area contributed by atoms with Gasteiger partial charge in [0.15, 0.2) is 11.6 Å². The summed E-state index contributed by atoms with van der Waals surface area (Å²) in [6, 6.07) is 0. The third-order valence-electron chi connectivity index (χ3n) is 2.75. The monoisotopic (exact) mass is 240 g/mol. The smallest absolute Gasteiger partial charge is 0.186 e. The van der Waals surface area contributed by atoms with Gasteiger partial charge in [-0.3, -0.25) is 0 Å². The average Bonchev–Trinajstić information content (AvgIpc) is 2.28. The summed E-state index contributed by atoms with van der Waals surface area (Å²) in [6.07, 6.45) is 2.84. The summed E-state index contributed by atoms with van der Waals surface area (Å²) < 4.78 is 13.8. The number of rotatable bonds is 6. The summed E-state index contributed by atoms with van der Waals surface area (Å²) in [6.45, 7) is 7.31. The lowest BCUT2D eigenvalue weighted by Crippen LogP contribution is -2.26. The van der Waals surface area contributed by atoms with E-state index in [2.05, 4.69) is 29.1 Å². The van der Waals surface area contributed by atoms with Crippen LogP contribution in [0, 0.1) is 11.2 Å². The lowest BCUT2D eigenvalue weighted by Gasteiger charge is -2.24. The highest BCUT2D eigenvalue weighted by Crippen LogP contribution is 2.21. The van der Waals surface area contributed by atoms with Crippen LogP contribution in [0.15, 0.2) is 6.33 Å². The zero-order valence-corrected chi connectivity index (χ0v) is 10.8. The van der Waals surface area contributed by atoms with Crippen molar-refractivity contribution in [1.29, 1.82) is 0 Å². The molecule has 0 bridgehead atoms. The van der Waals surface area contributed by atoms with Crippen molar-refractivity contribution < 1.29 is 4.39 Å². The Kier molecular flexibility index (Phi) is 4.81. The summed E-state index contributed by atoms with van der Waals surface area (Å²) in [5, 5.41) is 3.03. The lowest BCUT2D eigenvalue weighted by atomic mass is 9.89. The molecule has 0 aliphatic heterocycles. The van der Waals surface area contributed by atoms with E-state index in [1.807, 2.05) is 6.92 Å². The molecular weight excluding hydrogens is 219 g/mol. The first-order chi connectivity index (χ1) is 8.00. The normalized spacial score (nSPS) is 11.6. The van der Waals surface area contributed by atoms with Gasteiger partial charge in [-0.25, -0.2) is 14.4 Å². The van der Waals surface area contributed by atoms with Crippen LogP contribution in [0.25, 0.3) is 0 Å². The van der Waals surface area contributed by atoms with Crippen LogP contribution in [0.4, 0.5) is 10.2 Å². The van der Waals surface area contributed by atoms with Crippen molar-refractivity contribution in [3.8, 4) is 0 Å². The molecule has 0 fully saturated rings. The van der Waals surface area contributed by atoms with Gasteiger partial charge in [0.2, 0.25) is 0 Å². The number of anilines is 1. The molecule has 0 atom stereocenters. The van der Waals surface area contributed by atoms with Crippen LogP contribution >= 0.6 is 0 Å². The van der Waals surface area contributed by atoms with E-state index in [-0.39, 0.29) is 17.1 Å². The third kappa shape index (κ3) is 3.93. The summed E-state index contributed by atoms with van der Waals surface area (Å²) in [4.78, 5) is 7.81. The van der Waals surface area contributed by atoms with Gasteiger partial charge >= 0.3 is 0 Å². The van der Waals surface area contributed by atoms with Crippen LogP contribution in [-0.4, -0.2) is 23.1 Å². The molecule has 17 heavy (non-hydrogen) atoms. The first-order valence-electron chi connectivity index (χ1n) is 5.93. The second-order valence-corrected chi connectivity index (χ2v) is 4.89. The third-order valence-corrected chi connectivity index (χ3v) is 2.75. The van der Waals surface area contributed by atoms with Crippen molar-refractivity contribution in [3.05, 3.63) is 17.8 Å². The van der Waals surface area contributed by atoms with E-state index < -0.39 is 0 Å². The summed E-state index contributed by atoms with van der Waals surface area (Å²) in [7, 11) is 0. The van der Waals surface area contributed by atoms with Crippen LogP contribution in [0.1, 0.15) is 32.9 Å². The second kappa shape index (κ2) is 5.91. The second-order valence-electron chi connectivity index (χ2n) is 4.89. The minimum absolute atomic E-state index is 0.0263. The van der Waals surface area contributed by atoms with E-state index in [4.69, 9.17) is 5.73 Å². The van der Waals surface area contributed by atoms with Gasteiger partial charge in [-0.2, -0.15) is 0 Å². The SMILES string of the molecule is CCc1ncnc(NCC(C)(C)CCN)c1F. The Labute approximate surface area is 102 Å². The fraction of sp³-hybridized carbons (Fsp3) is 0.667. The molecule has 1 rings (SSSR count). The van der Waals surface area contributed by atoms with Gasteiger partial charge in [0.05, 0.1) is 5.69 Å². The number of nitrogens with two attached hydrogens (primary N) is 1. The maximum absolute atomic E-state index is 13.8. The van der Waals surface area contributed by atoms with E-state index in [9.17, 15) is 4.39 Å². The number of hydrogen-bond acceptors (Lipinski definition) is 4. The maximum Gasteiger partial charge on any atom is 0.186 e. The van der Waals surface area contributed by atoms with Gasteiger partial charge in [0.25, 0.3) is 0 Å². The van der Waals surface area contributed by atoms with Crippen molar-refractivity contribution >= 4 is 5.82 Å². The van der Waals surface area contributed by atoms with Gasteiger partial charge in [-0.15, -0.1) is 0 Å². The van der Waals surface area contributed by atoms with Crippen LogP contribution < -0.4 is 11.1 Å². The molecule has 0 aliphatic rings. The molecule has 0 radical (unpaired) electrons. The molecule has 0 aliphatic carbocycles. The lowest BCUT2D eigenvalue weighted by molar-refractivity contribution is 0.364. The van der Waals surface area contributed by atoms with Crippen LogP contribution in [-0.2, 0) is 6.42 Å². The largest absolute Gasteiger partial charge is 0.367 e. The Morgan fingerprint density at radius 2 is 2.12 bits per heavy atom. The number of aryl methyl sites for hydroxylation is 1. The fourth-order valence-corrected chi connectivity index (χ4v) is 1.58. The van der Waals surface area contributed by atoms with Gasteiger partial charge in [-0.05, 0) is 24.8 Å². The van der Waals surface area contributed by atoms with E-state index >= 15 is 0 Å². The highest BCUT2D eigenvalue weighted by atomic mass is 19.1. The van der Waals surface area contributed by atoms with Crippen molar-refractivity contribution in [1.82, 2.24) is 9.97 Å². The topological polar surface area (TPSA) is 63.8 Å². The van der Waals surface area contributed by atoms with E-state index in [0.29, 0.717) is 25.2 Å². The summed E-state index contributed by atoms with van der Waals surface area (Å²) >= 11 is 0. The number of nitrogens with zero attached hydrogens (tertiary/aromatic N) is 2. The molecule has 0 saturated carbocycles. The predicted octanol–water partition coefficient (Wildman–Crippen LogP) is 1.97. The van der Waals surface area contributed by atoms with Gasteiger partial charge in [0, 0.05) is 6.54 Å². The van der Waals surface area contributed by atoms with Gasteiger partial charge < -0.3 is 11.1 Å². The molecule has 0 amide bonds. The Morgan fingerprint density at radius 1 is 1.41 bits per heavy atom. The van der Waals surface area contributed by atoms with Gasteiger partial charge in [0.1, 0.15) is 6.33 Å². The minimum atomic E-state index is -0.349. The quantitative estimate of drug-likeness (QED) is 0.798. The van der Waals surface area contributed by atoms with Crippen LogP contribution in [0.5, 0.6) is 0 Å². The highest BCUT2D eigenvalue weighted by molar-refractivity contribution is 5.37. The fourth-order valence-electron chi connectivity index (χ4n) is 1.58. The number of halogens is 1. The molecular formula is C12H21FN4. The zero-order valence-electron chi connectivity index (χ0n) is 10.8. The zero-order chi connectivity index (χ0) is 12.9. The molecule has 0 aromatic carbocycles. The molecule has 4 nitrogen and oxygen atoms in total. The molecule has 1 aromatic heterocycles.